The van der Waals surface area contributed by atoms with E-state index in [-0.39, 0.29) is 12.3 Å². The summed E-state index contributed by atoms with van der Waals surface area (Å²) >= 11 is 6.01. The Bertz CT molecular complexity index is 520. The molecule has 0 aliphatic heterocycles. The van der Waals surface area contributed by atoms with Crippen LogP contribution in [0.15, 0.2) is 42.6 Å². The minimum absolute atomic E-state index is 0.120. The Kier molecular flexibility index (Phi) is 3.95. The van der Waals surface area contributed by atoms with E-state index in [4.69, 9.17) is 11.6 Å². The highest BCUT2D eigenvalue weighted by Crippen LogP contribution is 2.16. The lowest BCUT2D eigenvalue weighted by molar-refractivity contribution is -0.115. The van der Waals surface area contributed by atoms with Gasteiger partial charge < -0.3 is 5.32 Å². The molecule has 0 unspecified atom stereocenters. The van der Waals surface area contributed by atoms with Crippen LogP contribution in [0.5, 0.6) is 0 Å². The summed E-state index contributed by atoms with van der Waals surface area (Å²) in [5, 5.41) is 3.38. The van der Waals surface area contributed by atoms with Gasteiger partial charge in [-0.1, -0.05) is 35.9 Å². The van der Waals surface area contributed by atoms with Crippen molar-refractivity contribution in [1.82, 2.24) is 4.98 Å². The molecule has 2 aromatic rings. The molecule has 4 heteroatoms. The number of nitrogens with one attached hydrogen (secondary N) is 1. The topological polar surface area (TPSA) is 42.0 Å². The Labute approximate surface area is 111 Å². The number of hydrogen-bond donors (Lipinski definition) is 1. The number of aromatic nitrogens is 1. The molecule has 2 rings (SSSR count). The third-order valence-electron chi connectivity index (χ3n) is 2.58. The van der Waals surface area contributed by atoms with Crippen LogP contribution >= 0.6 is 11.6 Å². The molecule has 1 aromatic carbocycles. The third kappa shape index (κ3) is 3.08. The molecule has 0 spiro atoms. The molecule has 1 aromatic heterocycles. The summed E-state index contributed by atoms with van der Waals surface area (Å²) in [5.41, 5.74) is 1.75. The summed E-state index contributed by atoms with van der Waals surface area (Å²) in [6.07, 6.45) is 1.90. The molecule has 1 heterocycles. The van der Waals surface area contributed by atoms with Gasteiger partial charge in [-0.25, -0.2) is 4.98 Å². The number of carbonyl (C=O) groups excluding carboxylic acids is 1. The zero-order valence-electron chi connectivity index (χ0n) is 9.98. The minimum atomic E-state index is -0.120. The number of nitrogens with zero attached hydrogens (tertiary/aromatic N) is 1. The molecular formula is C14H13ClN2O. The van der Waals surface area contributed by atoms with Crippen molar-refractivity contribution in [3.63, 3.8) is 0 Å². The fraction of sp³-hybridized carbons (Fsp3) is 0.143. The molecule has 0 saturated heterocycles. The molecule has 0 radical (unpaired) electrons. The van der Waals surface area contributed by atoms with E-state index in [0.29, 0.717) is 10.8 Å². The number of halogens is 1. The second-order valence-electron chi connectivity index (χ2n) is 3.99. The van der Waals surface area contributed by atoms with E-state index in [1.54, 1.807) is 12.3 Å². The number of hydrogen-bond acceptors (Lipinski definition) is 2. The van der Waals surface area contributed by atoms with E-state index in [1.807, 2.05) is 37.3 Å². The maximum atomic E-state index is 11.9. The first kappa shape index (κ1) is 12.6. The van der Waals surface area contributed by atoms with Crippen LogP contribution in [0.3, 0.4) is 0 Å². The van der Waals surface area contributed by atoms with Gasteiger partial charge in [0.2, 0.25) is 5.91 Å². The first-order valence-electron chi connectivity index (χ1n) is 5.61. The van der Waals surface area contributed by atoms with E-state index in [2.05, 4.69) is 10.3 Å². The van der Waals surface area contributed by atoms with Gasteiger partial charge in [0.15, 0.2) is 0 Å². The van der Waals surface area contributed by atoms with E-state index >= 15 is 0 Å². The fourth-order valence-electron chi connectivity index (χ4n) is 1.61. The molecule has 0 fully saturated rings. The molecular weight excluding hydrogens is 248 g/mol. The Morgan fingerprint density at radius 1 is 1.28 bits per heavy atom. The van der Waals surface area contributed by atoms with Crippen molar-refractivity contribution in [3.8, 4) is 0 Å². The smallest absolute Gasteiger partial charge is 0.230 e. The number of rotatable bonds is 3. The second kappa shape index (κ2) is 5.65. The van der Waals surface area contributed by atoms with Crippen LogP contribution in [-0.4, -0.2) is 10.9 Å². The number of aryl methyl sites for hydroxylation is 1. The fourth-order valence-corrected chi connectivity index (χ4v) is 1.81. The molecule has 0 saturated carbocycles. The standard InChI is InChI=1S/C14H13ClN2O/c1-10-5-4-8-16-14(10)17-13(18)9-11-6-2-3-7-12(11)15/h2-8H,9H2,1H3,(H,16,17,18). The van der Waals surface area contributed by atoms with Crippen molar-refractivity contribution in [2.24, 2.45) is 0 Å². The van der Waals surface area contributed by atoms with Crippen molar-refractivity contribution < 1.29 is 4.79 Å². The highest BCUT2D eigenvalue weighted by atomic mass is 35.5. The molecule has 0 bridgehead atoms. The number of pyridine rings is 1. The van der Waals surface area contributed by atoms with E-state index in [0.717, 1.165) is 11.1 Å². The van der Waals surface area contributed by atoms with Crippen LogP contribution in [0.1, 0.15) is 11.1 Å². The van der Waals surface area contributed by atoms with Gasteiger partial charge in [0.05, 0.1) is 6.42 Å². The quantitative estimate of drug-likeness (QED) is 0.921. The highest BCUT2D eigenvalue weighted by Gasteiger charge is 2.08. The Hall–Kier alpha value is -1.87. The highest BCUT2D eigenvalue weighted by molar-refractivity contribution is 6.31. The number of carbonyl (C=O) groups is 1. The average Bonchev–Trinajstić information content (AvgIpc) is 2.35. The third-order valence-corrected chi connectivity index (χ3v) is 2.94. The van der Waals surface area contributed by atoms with Crippen molar-refractivity contribution >= 4 is 23.3 Å². The first-order chi connectivity index (χ1) is 8.66. The summed E-state index contributed by atoms with van der Waals surface area (Å²) in [5.74, 6) is 0.472. The van der Waals surface area contributed by atoms with Crippen LogP contribution in [-0.2, 0) is 11.2 Å². The summed E-state index contributed by atoms with van der Waals surface area (Å²) in [6.45, 7) is 1.90. The van der Waals surface area contributed by atoms with Gasteiger partial charge in [-0.3, -0.25) is 4.79 Å². The van der Waals surface area contributed by atoms with Gasteiger partial charge in [-0.2, -0.15) is 0 Å². The Balaban J connectivity index is 2.06. The monoisotopic (exact) mass is 260 g/mol. The zero-order chi connectivity index (χ0) is 13.0. The minimum Gasteiger partial charge on any atom is -0.310 e. The average molecular weight is 261 g/mol. The summed E-state index contributed by atoms with van der Waals surface area (Å²) in [7, 11) is 0. The second-order valence-corrected chi connectivity index (χ2v) is 4.39. The molecule has 92 valence electrons. The lowest BCUT2D eigenvalue weighted by Gasteiger charge is -2.07. The summed E-state index contributed by atoms with van der Waals surface area (Å²) in [6, 6.07) is 11.0. The predicted octanol–water partition coefficient (Wildman–Crippen LogP) is 3.22. The molecule has 0 aliphatic rings. The van der Waals surface area contributed by atoms with Crippen LogP contribution in [0.2, 0.25) is 5.02 Å². The van der Waals surface area contributed by atoms with Crippen LogP contribution < -0.4 is 5.32 Å². The normalized spacial score (nSPS) is 10.1. The summed E-state index contributed by atoms with van der Waals surface area (Å²) < 4.78 is 0. The SMILES string of the molecule is Cc1cccnc1NC(=O)Cc1ccccc1Cl. The maximum Gasteiger partial charge on any atom is 0.230 e. The molecule has 18 heavy (non-hydrogen) atoms. The molecule has 3 nitrogen and oxygen atoms in total. The van der Waals surface area contributed by atoms with E-state index in [1.165, 1.54) is 0 Å². The van der Waals surface area contributed by atoms with Crippen molar-refractivity contribution in [2.75, 3.05) is 5.32 Å². The Morgan fingerprint density at radius 3 is 2.78 bits per heavy atom. The van der Waals surface area contributed by atoms with Crippen LogP contribution in [0, 0.1) is 6.92 Å². The number of benzene rings is 1. The summed E-state index contributed by atoms with van der Waals surface area (Å²) in [4.78, 5) is 16.0. The van der Waals surface area contributed by atoms with Gasteiger partial charge in [0.1, 0.15) is 5.82 Å². The largest absolute Gasteiger partial charge is 0.310 e. The van der Waals surface area contributed by atoms with Gasteiger partial charge in [-0.15, -0.1) is 0 Å². The predicted molar refractivity (Wildman–Crippen MR) is 72.8 cm³/mol. The van der Waals surface area contributed by atoms with Crippen molar-refractivity contribution in [1.29, 1.82) is 0 Å². The molecule has 1 N–H and O–H groups in total. The van der Waals surface area contributed by atoms with Crippen LogP contribution in [0.25, 0.3) is 0 Å². The first-order valence-corrected chi connectivity index (χ1v) is 5.99. The van der Waals surface area contributed by atoms with Crippen molar-refractivity contribution in [3.05, 3.63) is 58.7 Å². The molecule has 0 aliphatic carbocycles. The van der Waals surface area contributed by atoms with Gasteiger partial charge in [-0.05, 0) is 30.2 Å². The van der Waals surface area contributed by atoms with E-state index in [9.17, 15) is 4.79 Å². The van der Waals surface area contributed by atoms with Crippen molar-refractivity contribution in [2.45, 2.75) is 13.3 Å². The zero-order valence-corrected chi connectivity index (χ0v) is 10.7. The van der Waals surface area contributed by atoms with Gasteiger partial charge in [0, 0.05) is 11.2 Å². The Morgan fingerprint density at radius 2 is 2.06 bits per heavy atom. The molecule has 1 amide bonds. The lowest BCUT2D eigenvalue weighted by Crippen LogP contribution is -2.16. The van der Waals surface area contributed by atoms with Crippen LogP contribution in [0.4, 0.5) is 5.82 Å². The lowest BCUT2D eigenvalue weighted by atomic mass is 10.1. The van der Waals surface area contributed by atoms with E-state index < -0.39 is 0 Å². The number of amides is 1. The number of anilines is 1. The maximum absolute atomic E-state index is 11.9. The van der Waals surface area contributed by atoms with Gasteiger partial charge in [0.25, 0.3) is 0 Å². The van der Waals surface area contributed by atoms with Gasteiger partial charge >= 0.3 is 0 Å². The molecule has 0 atom stereocenters.